The molecule has 0 aromatic heterocycles. The van der Waals surface area contributed by atoms with E-state index in [0.717, 1.165) is 30.8 Å². The van der Waals surface area contributed by atoms with Gasteiger partial charge in [0, 0.05) is 12.1 Å². The van der Waals surface area contributed by atoms with Gasteiger partial charge in [-0.15, -0.1) is 0 Å². The summed E-state index contributed by atoms with van der Waals surface area (Å²) < 4.78 is 0. The van der Waals surface area contributed by atoms with Crippen molar-refractivity contribution in [1.29, 1.82) is 0 Å². The van der Waals surface area contributed by atoms with Crippen molar-refractivity contribution in [2.75, 3.05) is 17.2 Å². The second-order valence-electron chi connectivity index (χ2n) is 5.66. The van der Waals surface area contributed by atoms with Crippen LogP contribution in [0.25, 0.3) is 0 Å². The fraction of sp³-hybridized carbons (Fsp3) is 0.533. The summed E-state index contributed by atoms with van der Waals surface area (Å²) in [5, 5.41) is 9.11. The molecule has 0 unspecified atom stereocenters. The Balaban J connectivity index is 2.64. The number of benzene rings is 1. The van der Waals surface area contributed by atoms with E-state index in [1.54, 1.807) is 0 Å². The lowest BCUT2D eigenvalue weighted by molar-refractivity contribution is 0.244. The third kappa shape index (κ3) is 6.13. The van der Waals surface area contributed by atoms with E-state index in [-0.39, 0.29) is 11.6 Å². The first-order valence-electron chi connectivity index (χ1n) is 6.84. The molecule has 0 spiro atoms. The summed E-state index contributed by atoms with van der Waals surface area (Å²) in [7, 11) is 0. The summed E-state index contributed by atoms with van der Waals surface area (Å²) in [6, 6.07) is 7.56. The molecule has 0 aliphatic carbocycles. The highest BCUT2D eigenvalue weighted by Gasteiger charge is 2.14. The molecule has 1 aromatic carbocycles. The summed E-state index contributed by atoms with van der Waals surface area (Å²) in [6.07, 6.45) is 2.26. The maximum atomic E-state index is 11.9. The molecule has 19 heavy (non-hydrogen) atoms. The molecule has 4 heteroatoms. The summed E-state index contributed by atoms with van der Waals surface area (Å²) in [6.45, 7) is 8.94. The summed E-state index contributed by atoms with van der Waals surface area (Å²) in [4.78, 5) is 11.9. The zero-order valence-electron chi connectivity index (χ0n) is 12.3. The molecular weight excluding hydrogens is 238 g/mol. The van der Waals surface area contributed by atoms with Crippen molar-refractivity contribution in [2.45, 2.75) is 46.1 Å². The molecule has 0 aliphatic rings. The van der Waals surface area contributed by atoms with Crippen LogP contribution in [0, 0.1) is 0 Å². The van der Waals surface area contributed by atoms with Crippen molar-refractivity contribution in [3.8, 4) is 0 Å². The van der Waals surface area contributed by atoms with Gasteiger partial charge in [-0.1, -0.05) is 25.5 Å². The Bertz CT molecular complexity index is 410. The van der Waals surface area contributed by atoms with Gasteiger partial charge in [-0.05, 0) is 39.3 Å². The predicted molar refractivity (Wildman–Crippen MR) is 81.7 cm³/mol. The molecule has 1 rings (SSSR count). The fourth-order valence-electron chi connectivity index (χ4n) is 1.64. The van der Waals surface area contributed by atoms with Crippen LogP contribution in [0.5, 0.6) is 0 Å². The van der Waals surface area contributed by atoms with Crippen LogP contribution in [-0.4, -0.2) is 18.1 Å². The zero-order chi connectivity index (χ0) is 14.3. The number of nitrogens with one attached hydrogen (secondary N) is 3. The molecule has 0 atom stereocenters. The second-order valence-corrected chi connectivity index (χ2v) is 5.66. The first-order valence-corrected chi connectivity index (χ1v) is 6.84. The predicted octanol–water partition coefficient (Wildman–Crippen LogP) is 3.82. The number of para-hydroxylation sites is 2. The molecule has 0 saturated heterocycles. The molecule has 3 N–H and O–H groups in total. The van der Waals surface area contributed by atoms with E-state index in [2.05, 4.69) is 22.9 Å². The molecule has 0 saturated carbocycles. The number of anilines is 2. The van der Waals surface area contributed by atoms with Crippen molar-refractivity contribution in [1.82, 2.24) is 5.32 Å². The van der Waals surface area contributed by atoms with Crippen LogP contribution < -0.4 is 16.0 Å². The molecule has 0 aliphatic heterocycles. The van der Waals surface area contributed by atoms with Crippen LogP contribution in [0.2, 0.25) is 0 Å². The van der Waals surface area contributed by atoms with E-state index < -0.39 is 0 Å². The van der Waals surface area contributed by atoms with E-state index in [9.17, 15) is 4.79 Å². The Morgan fingerprint density at radius 2 is 1.79 bits per heavy atom. The van der Waals surface area contributed by atoms with Crippen molar-refractivity contribution in [2.24, 2.45) is 0 Å². The number of urea groups is 1. The van der Waals surface area contributed by atoms with Crippen LogP contribution in [0.3, 0.4) is 0 Å². The normalized spacial score (nSPS) is 10.9. The molecule has 4 nitrogen and oxygen atoms in total. The lowest BCUT2D eigenvalue weighted by Crippen LogP contribution is -2.43. The Labute approximate surface area is 116 Å². The Morgan fingerprint density at radius 1 is 1.16 bits per heavy atom. The van der Waals surface area contributed by atoms with Gasteiger partial charge in [0.2, 0.25) is 0 Å². The minimum atomic E-state index is -0.241. The number of rotatable bonds is 5. The Hall–Kier alpha value is -1.71. The highest BCUT2D eigenvalue weighted by atomic mass is 16.2. The quantitative estimate of drug-likeness (QED) is 0.707. The standard InChI is InChI=1S/C15H25N3O/c1-5-6-11-16-12-9-7-8-10-13(12)17-14(19)18-15(2,3)4/h7-10,16H,5-6,11H2,1-4H3,(H2,17,18,19). The van der Waals surface area contributed by atoms with Crippen molar-refractivity contribution < 1.29 is 4.79 Å². The highest BCUT2D eigenvalue weighted by molar-refractivity contribution is 5.93. The molecule has 0 bridgehead atoms. The van der Waals surface area contributed by atoms with E-state index in [4.69, 9.17) is 0 Å². The van der Waals surface area contributed by atoms with Gasteiger partial charge < -0.3 is 16.0 Å². The van der Waals surface area contributed by atoms with Gasteiger partial charge in [-0.2, -0.15) is 0 Å². The number of hydrogen-bond acceptors (Lipinski definition) is 2. The number of carbonyl (C=O) groups excluding carboxylic acids is 1. The summed E-state index contributed by atoms with van der Waals surface area (Å²) in [5.74, 6) is 0. The Morgan fingerprint density at radius 3 is 2.37 bits per heavy atom. The third-order valence-corrected chi connectivity index (χ3v) is 2.51. The van der Waals surface area contributed by atoms with Crippen molar-refractivity contribution >= 4 is 17.4 Å². The number of carbonyl (C=O) groups is 1. The smallest absolute Gasteiger partial charge is 0.319 e. The number of amides is 2. The summed E-state index contributed by atoms with van der Waals surface area (Å²) >= 11 is 0. The lowest BCUT2D eigenvalue weighted by Gasteiger charge is -2.21. The Kier molecular flexibility index (Phi) is 5.67. The largest absolute Gasteiger partial charge is 0.383 e. The molecule has 0 heterocycles. The van der Waals surface area contributed by atoms with Gasteiger partial charge in [-0.25, -0.2) is 4.79 Å². The van der Waals surface area contributed by atoms with Crippen LogP contribution in [0.1, 0.15) is 40.5 Å². The van der Waals surface area contributed by atoms with Crippen molar-refractivity contribution in [3.05, 3.63) is 24.3 Å². The maximum absolute atomic E-state index is 11.9. The second kappa shape index (κ2) is 7.02. The minimum Gasteiger partial charge on any atom is -0.383 e. The van der Waals surface area contributed by atoms with Crippen LogP contribution in [-0.2, 0) is 0 Å². The zero-order valence-corrected chi connectivity index (χ0v) is 12.3. The first kappa shape index (κ1) is 15.3. The topological polar surface area (TPSA) is 53.2 Å². The molecule has 0 fully saturated rings. The fourth-order valence-corrected chi connectivity index (χ4v) is 1.64. The van der Waals surface area contributed by atoms with Gasteiger partial charge in [0.1, 0.15) is 0 Å². The maximum Gasteiger partial charge on any atom is 0.319 e. The van der Waals surface area contributed by atoms with Gasteiger partial charge in [0.15, 0.2) is 0 Å². The number of unbranched alkanes of at least 4 members (excludes halogenated alkanes) is 1. The molecular formula is C15H25N3O. The van der Waals surface area contributed by atoms with Crippen LogP contribution in [0.4, 0.5) is 16.2 Å². The monoisotopic (exact) mass is 263 g/mol. The van der Waals surface area contributed by atoms with E-state index in [1.165, 1.54) is 0 Å². The molecule has 0 radical (unpaired) electrons. The van der Waals surface area contributed by atoms with E-state index in [0.29, 0.717) is 0 Å². The molecule has 1 aromatic rings. The summed E-state index contributed by atoms with van der Waals surface area (Å²) in [5.41, 5.74) is 1.52. The van der Waals surface area contributed by atoms with Crippen LogP contribution in [0.15, 0.2) is 24.3 Å². The average molecular weight is 263 g/mol. The van der Waals surface area contributed by atoms with Gasteiger partial charge in [0.05, 0.1) is 11.4 Å². The van der Waals surface area contributed by atoms with Gasteiger partial charge >= 0.3 is 6.03 Å². The third-order valence-electron chi connectivity index (χ3n) is 2.51. The first-order chi connectivity index (χ1) is 8.92. The lowest BCUT2D eigenvalue weighted by atomic mass is 10.1. The van der Waals surface area contributed by atoms with E-state index >= 15 is 0 Å². The van der Waals surface area contributed by atoms with Crippen LogP contribution >= 0.6 is 0 Å². The number of hydrogen-bond donors (Lipinski definition) is 3. The average Bonchev–Trinajstić information content (AvgIpc) is 2.29. The highest BCUT2D eigenvalue weighted by Crippen LogP contribution is 2.21. The minimum absolute atomic E-state index is 0.183. The SMILES string of the molecule is CCCCNc1ccccc1NC(=O)NC(C)(C)C. The van der Waals surface area contributed by atoms with Gasteiger partial charge in [0.25, 0.3) is 0 Å². The molecule has 106 valence electrons. The van der Waals surface area contributed by atoms with Gasteiger partial charge in [-0.3, -0.25) is 0 Å². The van der Waals surface area contributed by atoms with Crippen molar-refractivity contribution in [3.63, 3.8) is 0 Å². The molecule has 2 amide bonds. The van der Waals surface area contributed by atoms with E-state index in [1.807, 2.05) is 45.0 Å².